The van der Waals surface area contributed by atoms with E-state index < -0.39 is 12.0 Å². The van der Waals surface area contributed by atoms with E-state index in [1.54, 1.807) is 0 Å². The van der Waals surface area contributed by atoms with Gasteiger partial charge >= 0.3 is 12.0 Å². The number of amides is 2. The number of hydroxylamine groups is 1. The van der Waals surface area contributed by atoms with Gasteiger partial charge in [-0.3, -0.25) is 4.79 Å². The molecule has 0 aromatic carbocycles. The van der Waals surface area contributed by atoms with Crippen LogP contribution in [0.2, 0.25) is 0 Å². The zero-order valence-electron chi connectivity index (χ0n) is 11.4. The zero-order valence-corrected chi connectivity index (χ0v) is 11.4. The van der Waals surface area contributed by atoms with Gasteiger partial charge in [-0.15, -0.1) is 0 Å². The van der Waals surface area contributed by atoms with Gasteiger partial charge in [0, 0.05) is 13.1 Å². The Balaban J connectivity index is 3.80. The van der Waals surface area contributed by atoms with Crippen molar-refractivity contribution in [2.75, 3.05) is 19.9 Å². The number of rotatable bonds is 7. The van der Waals surface area contributed by atoms with E-state index in [4.69, 9.17) is 15.3 Å². The average molecular weight is 261 g/mol. The summed E-state index contributed by atoms with van der Waals surface area (Å²) in [6.45, 7) is 8.12. The van der Waals surface area contributed by atoms with Gasteiger partial charge in [0.05, 0.1) is 0 Å². The third-order valence-corrected chi connectivity index (χ3v) is 2.46. The Morgan fingerprint density at radius 1 is 1.28 bits per heavy atom. The quantitative estimate of drug-likeness (QED) is 0.300. The van der Waals surface area contributed by atoms with Gasteiger partial charge in [-0.2, -0.15) is 0 Å². The van der Waals surface area contributed by atoms with Gasteiger partial charge in [0.15, 0.2) is 0 Å². The smallest absolute Gasteiger partial charge is 0.341 e. The number of nitrogens with one attached hydrogen (secondary N) is 1. The second-order valence-electron chi connectivity index (χ2n) is 4.07. The molecule has 1 atom stereocenters. The van der Waals surface area contributed by atoms with Crippen molar-refractivity contribution in [3.63, 3.8) is 0 Å². The van der Waals surface area contributed by atoms with E-state index in [2.05, 4.69) is 5.48 Å². The van der Waals surface area contributed by atoms with Gasteiger partial charge in [0.25, 0.3) is 0 Å². The minimum atomic E-state index is -0.688. The third kappa shape index (κ3) is 5.83. The van der Waals surface area contributed by atoms with Crippen LogP contribution in [0, 0.1) is 5.92 Å². The van der Waals surface area contributed by atoms with E-state index >= 15 is 0 Å². The highest BCUT2D eigenvalue weighted by molar-refractivity contribution is 5.75. The molecule has 106 valence electrons. The first-order chi connectivity index (χ1) is 8.43. The van der Waals surface area contributed by atoms with Crippen LogP contribution in [0.5, 0.6) is 0 Å². The van der Waals surface area contributed by atoms with E-state index in [9.17, 15) is 9.59 Å². The Bertz CT molecular complexity index is 251. The number of urea groups is 1. The van der Waals surface area contributed by atoms with Crippen LogP contribution in [-0.2, 0) is 14.4 Å². The Morgan fingerprint density at radius 2 is 1.83 bits per heavy atom. The minimum absolute atomic E-state index is 0.0113. The number of nitrogens with two attached hydrogens (primary N) is 1. The van der Waals surface area contributed by atoms with Gasteiger partial charge in [0.1, 0.15) is 6.04 Å². The molecule has 0 saturated heterocycles. The van der Waals surface area contributed by atoms with Crippen LogP contribution in [0.15, 0.2) is 0 Å². The molecule has 0 rings (SSSR count). The summed E-state index contributed by atoms with van der Waals surface area (Å²) in [7, 11) is 0. The van der Waals surface area contributed by atoms with Crippen LogP contribution in [0.25, 0.3) is 0 Å². The summed E-state index contributed by atoms with van der Waals surface area (Å²) in [4.78, 5) is 29.0. The summed E-state index contributed by atoms with van der Waals surface area (Å²) in [5.41, 5.74) is 7.74. The molecule has 0 unspecified atom stereocenters. The predicted molar refractivity (Wildman–Crippen MR) is 66.3 cm³/mol. The number of hydrogen-bond donors (Lipinski definition) is 2. The molecule has 0 aliphatic carbocycles. The highest BCUT2D eigenvalue weighted by atomic mass is 16.8. The van der Waals surface area contributed by atoms with Crippen LogP contribution >= 0.6 is 0 Å². The molecule has 0 bridgehead atoms. The van der Waals surface area contributed by atoms with Crippen molar-refractivity contribution in [2.24, 2.45) is 11.7 Å². The Morgan fingerprint density at radius 3 is 2.28 bits per heavy atom. The topological polar surface area (TPSA) is 93.9 Å². The molecule has 0 aromatic heterocycles. The van der Waals surface area contributed by atoms with E-state index in [1.807, 2.05) is 27.7 Å². The van der Waals surface area contributed by atoms with Crippen LogP contribution < -0.4 is 11.2 Å². The fourth-order valence-electron chi connectivity index (χ4n) is 1.12. The number of carbonyl (C=O) groups excluding carboxylic acids is 2. The maximum atomic E-state index is 11.4. The van der Waals surface area contributed by atoms with Crippen molar-refractivity contribution in [3.8, 4) is 0 Å². The first-order valence-corrected chi connectivity index (χ1v) is 6.02. The molecule has 7 nitrogen and oxygen atoms in total. The van der Waals surface area contributed by atoms with E-state index in [1.165, 1.54) is 4.90 Å². The number of nitrogens with zero attached hydrogens (tertiary/aromatic N) is 1. The lowest BCUT2D eigenvalue weighted by Gasteiger charge is -2.19. The highest BCUT2D eigenvalue weighted by Gasteiger charge is 2.18. The van der Waals surface area contributed by atoms with Crippen molar-refractivity contribution >= 4 is 12.0 Å². The first kappa shape index (κ1) is 16.7. The molecule has 2 amide bonds. The molecular weight excluding hydrogens is 238 g/mol. The second kappa shape index (κ2) is 8.71. The maximum absolute atomic E-state index is 11.4. The number of esters is 1. The molecule has 0 aromatic rings. The van der Waals surface area contributed by atoms with Crippen molar-refractivity contribution in [1.82, 2.24) is 10.4 Å². The molecule has 7 heteroatoms. The largest absolute Gasteiger partial charge is 0.435 e. The van der Waals surface area contributed by atoms with Crippen LogP contribution in [0.3, 0.4) is 0 Å². The molecule has 0 saturated carbocycles. The Hall–Kier alpha value is -1.34. The van der Waals surface area contributed by atoms with Gasteiger partial charge in [-0.25, -0.2) is 15.1 Å². The Labute approximate surface area is 108 Å². The summed E-state index contributed by atoms with van der Waals surface area (Å²) >= 11 is 0. The molecular formula is C11H23N3O4. The van der Waals surface area contributed by atoms with Crippen molar-refractivity contribution in [3.05, 3.63) is 0 Å². The zero-order chi connectivity index (χ0) is 14.1. The standard InChI is InChI=1S/C11H23N3O4/c1-5-14(6-2)11(16)13-18-7-17-10(15)9(12)8(3)4/h8-9H,5-7,12H2,1-4H3,(H,13,16)/t9-/m0/s1. The summed E-state index contributed by atoms with van der Waals surface area (Å²) < 4.78 is 4.74. The fourth-order valence-corrected chi connectivity index (χ4v) is 1.12. The van der Waals surface area contributed by atoms with Crippen LogP contribution in [-0.4, -0.2) is 42.8 Å². The van der Waals surface area contributed by atoms with Gasteiger partial charge < -0.3 is 15.4 Å². The molecule has 0 spiro atoms. The molecule has 0 aliphatic rings. The lowest BCUT2D eigenvalue weighted by molar-refractivity contribution is -0.163. The first-order valence-electron chi connectivity index (χ1n) is 6.02. The highest BCUT2D eigenvalue weighted by Crippen LogP contribution is 2.00. The van der Waals surface area contributed by atoms with E-state index in [-0.39, 0.29) is 18.7 Å². The summed E-state index contributed by atoms with van der Waals surface area (Å²) in [5, 5.41) is 0. The van der Waals surface area contributed by atoms with E-state index in [0.29, 0.717) is 13.1 Å². The molecule has 0 aliphatic heterocycles. The van der Waals surface area contributed by atoms with Crippen molar-refractivity contribution < 1.29 is 19.2 Å². The van der Waals surface area contributed by atoms with Gasteiger partial charge in [-0.05, 0) is 19.8 Å². The normalized spacial score (nSPS) is 12.1. The molecule has 18 heavy (non-hydrogen) atoms. The average Bonchev–Trinajstić information content (AvgIpc) is 2.34. The van der Waals surface area contributed by atoms with Gasteiger partial charge in [-0.1, -0.05) is 13.8 Å². The fraction of sp³-hybridized carbons (Fsp3) is 0.818. The predicted octanol–water partition coefficient (Wildman–Crippen LogP) is 0.453. The second-order valence-corrected chi connectivity index (χ2v) is 4.07. The summed E-state index contributed by atoms with van der Waals surface area (Å²) in [6.07, 6.45) is 0. The number of ether oxygens (including phenoxy) is 1. The Kier molecular flexibility index (Phi) is 8.06. The van der Waals surface area contributed by atoms with Crippen LogP contribution in [0.1, 0.15) is 27.7 Å². The van der Waals surface area contributed by atoms with Gasteiger partial charge in [0.2, 0.25) is 6.79 Å². The van der Waals surface area contributed by atoms with E-state index in [0.717, 1.165) is 0 Å². The minimum Gasteiger partial charge on any atom is -0.435 e. The lowest BCUT2D eigenvalue weighted by atomic mass is 10.1. The molecule has 0 fully saturated rings. The van der Waals surface area contributed by atoms with Crippen molar-refractivity contribution in [2.45, 2.75) is 33.7 Å². The summed E-state index contributed by atoms with van der Waals surface area (Å²) in [5.74, 6) is -0.565. The maximum Gasteiger partial charge on any atom is 0.341 e. The number of hydrogen-bond acceptors (Lipinski definition) is 5. The third-order valence-electron chi connectivity index (χ3n) is 2.46. The molecule has 0 heterocycles. The lowest BCUT2D eigenvalue weighted by Crippen LogP contribution is -2.41. The summed E-state index contributed by atoms with van der Waals surface area (Å²) in [6, 6.07) is -1.06. The monoisotopic (exact) mass is 261 g/mol. The number of carbonyl (C=O) groups is 2. The molecule has 0 radical (unpaired) electrons. The molecule has 3 N–H and O–H groups in total. The van der Waals surface area contributed by atoms with Crippen LogP contribution in [0.4, 0.5) is 4.79 Å². The van der Waals surface area contributed by atoms with Crippen molar-refractivity contribution in [1.29, 1.82) is 0 Å². The SMILES string of the molecule is CCN(CC)C(=O)NOCOC(=O)[C@@H](N)C(C)C.